The molecule has 26 heavy (non-hydrogen) atoms. The summed E-state index contributed by atoms with van der Waals surface area (Å²) in [7, 11) is 0. The maximum absolute atomic E-state index is 12.7. The highest BCUT2D eigenvalue weighted by Crippen LogP contribution is 2.39. The number of hydrogen-bond donors (Lipinski definition) is 2. The molecule has 1 aliphatic rings. The second-order valence-corrected chi connectivity index (χ2v) is 6.68. The number of aliphatic hydroxyl groups excluding tert-OH is 2. The Morgan fingerprint density at radius 2 is 2.08 bits per heavy atom. The summed E-state index contributed by atoms with van der Waals surface area (Å²) < 4.78 is 5.61. The molecule has 6 heteroatoms. The molecule has 2 rings (SSSR count). The van der Waals surface area contributed by atoms with Crippen LogP contribution in [0.1, 0.15) is 45.2 Å². The van der Waals surface area contributed by atoms with Crippen LogP contribution in [-0.4, -0.2) is 46.6 Å². The van der Waals surface area contributed by atoms with E-state index in [0.717, 1.165) is 5.56 Å². The average molecular weight is 361 g/mol. The van der Waals surface area contributed by atoms with Crippen molar-refractivity contribution in [3.63, 3.8) is 0 Å². The standard InChI is InChI=1S/C20H27NO5/c1-4-9-21-17(16(18(23)13(2)3)19(24)20(21)25)14-7-5-8-15(12-14)26-11-6-10-22/h5,7-8,12-13,17,22,24H,4,6,9-11H2,1-3H3. The van der Waals surface area contributed by atoms with Gasteiger partial charge in [-0.15, -0.1) is 0 Å². The molecule has 0 spiro atoms. The molecule has 1 aromatic carbocycles. The molecular weight excluding hydrogens is 334 g/mol. The molecule has 1 amide bonds. The maximum atomic E-state index is 12.7. The van der Waals surface area contributed by atoms with Crippen LogP contribution in [0.5, 0.6) is 5.75 Å². The maximum Gasteiger partial charge on any atom is 0.290 e. The third-order valence-electron chi connectivity index (χ3n) is 4.30. The van der Waals surface area contributed by atoms with Gasteiger partial charge < -0.3 is 19.8 Å². The normalized spacial score (nSPS) is 17.3. The zero-order chi connectivity index (χ0) is 19.3. The van der Waals surface area contributed by atoms with Crippen LogP contribution in [0.3, 0.4) is 0 Å². The number of carbonyl (C=O) groups excluding carboxylic acids is 2. The minimum atomic E-state index is -0.612. The number of amides is 1. The molecule has 1 unspecified atom stereocenters. The fourth-order valence-electron chi connectivity index (χ4n) is 3.06. The van der Waals surface area contributed by atoms with Gasteiger partial charge in [-0.25, -0.2) is 0 Å². The minimum absolute atomic E-state index is 0.0464. The number of benzene rings is 1. The van der Waals surface area contributed by atoms with Gasteiger partial charge in [0.1, 0.15) is 5.75 Å². The Balaban J connectivity index is 2.42. The van der Waals surface area contributed by atoms with Gasteiger partial charge in [0.25, 0.3) is 5.91 Å². The van der Waals surface area contributed by atoms with Crippen molar-refractivity contribution in [2.24, 2.45) is 5.92 Å². The lowest BCUT2D eigenvalue weighted by Crippen LogP contribution is -2.32. The van der Waals surface area contributed by atoms with E-state index in [1.807, 2.05) is 13.0 Å². The summed E-state index contributed by atoms with van der Waals surface area (Å²) in [4.78, 5) is 26.7. The minimum Gasteiger partial charge on any atom is -0.503 e. The van der Waals surface area contributed by atoms with Crippen LogP contribution in [0, 0.1) is 5.92 Å². The number of Topliss-reactive ketones (excluding diaryl/α,β-unsaturated/α-hetero) is 1. The second kappa shape index (κ2) is 8.85. The van der Waals surface area contributed by atoms with Gasteiger partial charge >= 0.3 is 0 Å². The van der Waals surface area contributed by atoms with Crippen LogP contribution in [-0.2, 0) is 9.59 Å². The summed E-state index contributed by atoms with van der Waals surface area (Å²) in [5.41, 5.74) is 0.882. The van der Waals surface area contributed by atoms with E-state index in [4.69, 9.17) is 9.84 Å². The van der Waals surface area contributed by atoms with E-state index in [0.29, 0.717) is 31.7 Å². The number of carbonyl (C=O) groups is 2. The zero-order valence-electron chi connectivity index (χ0n) is 15.6. The Kier molecular flexibility index (Phi) is 6.80. The lowest BCUT2D eigenvalue weighted by molar-refractivity contribution is -0.129. The smallest absolute Gasteiger partial charge is 0.290 e. The number of aliphatic hydroxyl groups is 2. The molecule has 1 aromatic rings. The zero-order valence-corrected chi connectivity index (χ0v) is 15.6. The molecule has 0 aliphatic carbocycles. The third kappa shape index (κ3) is 4.07. The summed E-state index contributed by atoms with van der Waals surface area (Å²) in [6, 6.07) is 6.58. The summed E-state index contributed by atoms with van der Waals surface area (Å²) in [6.07, 6.45) is 1.23. The Labute approximate surface area is 154 Å². The Morgan fingerprint density at radius 3 is 2.69 bits per heavy atom. The molecule has 0 radical (unpaired) electrons. The molecule has 0 saturated carbocycles. The van der Waals surface area contributed by atoms with Gasteiger partial charge in [-0.2, -0.15) is 0 Å². The first-order chi connectivity index (χ1) is 12.4. The van der Waals surface area contributed by atoms with Crippen molar-refractivity contribution in [2.45, 2.75) is 39.7 Å². The number of hydrogen-bond acceptors (Lipinski definition) is 5. The molecular formula is C20H27NO5. The van der Waals surface area contributed by atoms with Crippen molar-refractivity contribution in [2.75, 3.05) is 19.8 Å². The number of ether oxygens (including phenoxy) is 1. The van der Waals surface area contributed by atoms with Crippen molar-refractivity contribution >= 4 is 11.7 Å². The van der Waals surface area contributed by atoms with Gasteiger partial charge in [0.05, 0.1) is 18.2 Å². The second-order valence-electron chi connectivity index (χ2n) is 6.68. The van der Waals surface area contributed by atoms with E-state index in [9.17, 15) is 14.7 Å². The van der Waals surface area contributed by atoms with Crippen LogP contribution in [0.15, 0.2) is 35.6 Å². The molecule has 2 N–H and O–H groups in total. The summed E-state index contributed by atoms with van der Waals surface area (Å²) in [5.74, 6) is -0.914. The quantitative estimate of drug-likeness (QED) is 0.661. The van der Waals surface area contributed by atoms with E-state index < -0.39 is 17.7 Å². The lowest BCUT2D eigenvalue weighted by Gasteiger charge is -2.27. The SMILES string of the molecule is CCCN1C(=O)C(O)=C(C(=O)C(C)C)C1c1cccc(OCCCO)c1. The first kappa shape index (κ1) is 20.0. The molecule has 1 heterocycles. The largest absolute Gasteiger partial charge is 0.503 e. The number of ketones is 1. The molecule has 0 aromatic heterocycles. The summed E-state index contributed by atoms with van der Waals surface area (Å²) >= 11 is 0. The van der Waals surface area contributed by atoms with Gasteiger partial charge in [-0.05, 0) is 24.1 Å². The van der Waals surface area contributed by atoms with Gasteiger partial charge in [-0.3, -0.25) is 9.59 Å². The highest BCUT2D eigenvalue weighted by Gasteiger charge is 2.43. The molecule has 0 saturated heterocycles. The first-order valence-corrected chi connectivity index (χ1v) is 9.04. The van der Waals surface area contributed by atoms with Crippen LogP contribution in [0.25, 0.3) is 0 Å². The average Bonchev–Trinajstić information content (AvgIpc) is 2.87. The molecule has 0 bridgehead atoms. The third-order valence-corrected chi connectivity index (χ3v) is 4.30. The van der Waals surface area contributed by atoms with Crippen molar-refractivity contribution in [1.82, 2.24) is 4.90 Å². The van der Waals surface area contributed by atoms with Crippen LogP contribution in [0.4, 0.5) is 0 Å². The lowest BCUT2D eigenvalue weighted by atomic mass is 9.91. The molecule has 6 nitrogen and oxygen atoms in total. The predicted octanol–water partition coefficient (Wildman–Crippen LogP) is 2.78. The molecule has 1 atom stereocenters. The number of nitrogens with zero attached hydrogens (tertiary/aromatic N) is 1. The van der Waals surface area contributed by atoms with Gasteiger partial charge in [-0.1, -0.05) is 32.9 Å². The number of rotatable bonds is 9. The highest BCUT2D eigenvalue weighted by molar-refractivity contribution is 6.09. The van der Waals surface area contributed by atoms with Crippen molar-refractivity contribution in [3.8, 4) is 5.75 Å². The predicted molar refractivity (Wildman–Crippen MR) is 97.9 cm³/mol. The Bertz CT molecular complexity index is 695. The first-order valence-electron chi connectivity index (χ1n) is 9.04. The molecule has 1 aliphatic heterocycles. The van der Waals surface area contributed by atoms with E-state index in [1.165, 1.54) is 4.90 Å². The van der Waals surface area contributed by atoms with Crippen molar-refractivity contribution < 1.29 is 24.5 Å². The summed E-state index contributed by atoms with van der Waals surface area (Å²) in [6.45, 7) is 6.31. The van der Waals surface area contributed by atoms with Gasteiger partial charge in [0.15, 0.2) is 11.5 Å². The van der Waals surface area contributed by atoms with Gasteiger partial charge in [0, 0.05) is 25.5 Å². The fraction of sp³-hybridized carbons (Fsp3) is 0.500. The summed E-state index contributed by atoms with van der Waals surface area (Å²) in [5, 5.41) is 19.2. The topological polar surface area (TPSA) is 87.1 Å². The van der Waals surface area contributed by atoms with E-state index in [2.05, 4.69) is 0 Å². The van der Waals surface area contributed by atoms with Crippen molar-refractivity contribution in [3.05, 3.63) is 41.2 Å². The van der Waals surface area contributed by atoms with E-state index >= 15 is 0 Å². The van der Waals surface area contributed by atoms with E-state index in [1.54, 1.807) is 32.0 Å². The molecule has 0 fully saturated rings. The monoisotopic (exact) mass is 361 g/mol. The fourth-order valence-corrected chi connectivity index (χ4v) is 3.06. The van der Waals surface area contributed by atoms with Crippen molar-refractivity contribution in [1.29, 1.82) is 0 Å². The van der Waals surface area contributed by atoms with E-state index in [-0.39, 0.29) is 23.9 Å². The highest BCUT2D eigenvalue weighted by atomic mass is 16.5. The van der Waals surface area contributed by atoms with Crippen LogP contribution in [0.2, 0.25) is 0 Å². The Hall–Kier alpha value is -2.34. The van der Waals surface area contributed by atoms with Crippen LogP contribution >= 0.6 is 0 Å². The molecule has 142 valence electrons. The van der Waals surface area contributed by atoms with Gasteiger partial charge in [0.2, 0.25) is 0 Å². The Morgan fingerprint density at radius 1 is 1.35 bits per heavy atom. The van der Waals surface area contributed by atoms with Crippen LogP contribution < -0.4 is 4.74 Å².